The number of alkyl halides is 1. The monoisotopic (exact) mass is 394 g/mol. The SMILES string of the molecule is C[C@]12CCC(=O)C=C1CC[C@H]1[C@@H]3CC[C@](O)(C(=O)C(=O)O)[C@@]3(C)CC(O)[C@@]12F. The number of rotatable bonds is 2. The molecule has 0 aliphatic heterocycles. The van der Waals surface area contributed by atoms with Crippen LogP contribution in [0.25, 0.3) is 0 Å². The lowest BCUT2D eigenvalue weighted by molar-refractivity contribution is -0.226. The molecular weight excluding hydrogens is 367 g/mol. The number of ketones is 2. The molecule has 7 atom stereocenters. The molecule has 6 nitrogen and oxygen atoms in total. The van der Waals surface area contributed by atoms with Crippen LogP contribution in [0.2, 0.25) is 0 Å². The molecule has 0 amide bonds. The average Bonchev–Trinajstić information content (AvgIpc) is 2.88. The van der Waals surface area contributed by atoms with Gasteiger partial charge in [0.2, 0.25) is 0 Å². The minimum Gasteiger partial charge on any atom is -0.475 e. The van der Waals surface area contributed by atoms with Crippen LogP contribution in [0.15, 0.2) is 11.6 Å². The van der Waals surface area contributed by atoms with E-state index in [0.717, 1.165) is 5.57 Å². The topological polar surface area (TPSA) is 112 Å². The normalized spacial score (nSPS) is 50.2. The first-order valence-corrected chi connectivity index (χ1v) is 10.0. The van der Waals surface area contributed by atoms with Gasteiger partial charge in [-0.15, -0.1) is 0 Å². The molecule has 28 heavy (non-hydrogen) atoms. The summed E-state index contributed by atoms with van der Waals surface area (Å²) in [4.78, 5) is 35.5. The number of allylic oxidation sites excluding steroid dienone is 1. The van der Waals surface area contributed by atoms with E-state index in [4.69, 9.17) is 0 Å². The summed E-state index contributed by atoms with van der Waals surface area (Å²) in [5.41, 5.74) is -5.52. The van der Waals surface area contributed by atoms with Gasteiger partial charge in [-0.1, -0.05) is 19.4 Å². The first-order chi connectivity index (χ1) is 12.9. The van der Waals surface area contributed by atoms with Gasteiger partial charge in [0.25, 0.3) is 5.78 Å². The second-order valence-corrected chi connectivity index (χ2v) is 9.66. The maximum Gasteiger partial charge on any atom is 0.375 e. The quantitative estimate of drug-likeness (QED) is 0.618. The first-order valence-electron chi connectivity index (χ1n) is 10.0. The lowest BCUT2D eigenvalue weighted by atomic mass is 9.44. The molecule has 154 valence electrons. The van der Waals surface area contributed by atoms with Crippen LogP contribution in [-0.4, -0.2) is 50.2 Å². The number of aliphatic hydroxyl groups is 2. The average molecular weight is 394 g/mol. The molecule has 3 fully saturated rings. The maximum atomic E-state index is 16.8. The molecule has 0 saturated heterocycles. The zero-order valence-electron chi connectivity index (χ0n) is 16.2. The Labute approximate surface area is 162 Å². The maximum absolute atomic E-state index is 16.8. The number of hydrogen-bond acceptors (Lipinski definition) is 5. The number of carboxylic acids is 1. The lowest BCUT2D eigenvalue weighted by Crippen LogP contribution is -2.69. The molecule has 1 unspecified atom stereocenters. The summed E-state index contributed by atoms with van der Waals surface area (Å²) < 4.78 is 16.8. The largest absolute Gasteiger partial charge is 0.475 e. The first kappa shape index (κ1) is 19.7. The van der Waals surface area contributed by atoms with Crippen LogP contribution < -0.4 is 0 Å². The van der Waals surface area contributed by atoms with E-state index in [2.05, 4.69) is 0 Å². The van der Waals surface area contributed by atoms with Crippen LogP contribution in [0, 0.1) is 22.7 Å². The Kier molecular flexibility index (Phi) is 4.03. The fourth-order valence-electron chi connectivity index (χ4n) is 7.12. The number of halogens is 1. The van der Waals surface area contributed by atoms with E-state index in [1.807, 2.05) is 0 Å². The number of carbonyl (C=O) groups excluding carboxylic acids is 2. The van der Waals surface area contributed by atoms with Gasteiger partial charge < -0.3 is 15.3 Å². The second-order valence-electron chi connectivity index (χ2n) is 9.66. The van der Waals surface area contributed by atoms with Crippen LogP contribution in [-0.2, 0) is 14.4 Å². The highest BCUT2D eigenvalue weighted by molar-refractivity contribution is 6.36. The predicted molar refractivity (Wildman–Crippen MR) is 96.0 cm³/mol. The summed E-state index contributed by atoms with van der Waals surface area (Å²) in [6.07, 6.45) is 1.67. The standard InChI is InChI=1S/C21H27FO6/c1-18-7-5-12(23)9-11(18)3-4-14-13-6-8-20(28,16(25)17(26)27)19(13,2)10-15(24)21(14,18)22/h9,13-15,24,28H,3-8,10H2,1-2H3,(H,26,27)/t13-,14-,15?,18-,19-,20-,21-/m0/s1. The van der Waals surface area contributed by atoms with Gasteiger partial charge in [-0.05, 0) is 50.5 Å². The van der Waals surface area contributed by atoms with Gasteiger partial charge in [-0.2, -0.15) is 0 Å². The number of hydrogen-bond donors (Lipinski definition) is 3. The fraction of sp³-hybridized carbons (Fsp3) is 0.762. The highest BCUT2D eigenvalue weighted by Crippen LogP contribution is 2.70. The lowest BCUT2D eigenvalue weighted by Gasteiger charge is -2.63. The Morgan fingerprint density at radius 1 is 1.14 bits per heavy atom. The summed E-state index contributed by atoms with van der Waals surface area (Å²) in [7, 11) is 0. The van der Waals surface area contributed by atoms with Crippen molar-refractivity contribution in [3.63, 3.8) is 0 Å². The van der Waals surface area contributed by atoms with E-state index in [-0.39, 0.29) is 25.0 Å². The van der Waals surface area contributed by atoms with Gasteiger partial charge in [-0.3, -0.25) is 9.59 Å². The number of fused-ring (bicyclic) bond motifs is 5. The van der Waals surface area contributed by atoms with E-state index in [1.54, 1.807) is 13.8 Å². The van der Waals surface area contributed by atoms with Gasteiger partial charge >= 0.3 is 5.97 Å². The number of carboxylic acid groups (broad SMARTS) is 1. The zero-order valence-corrected chi connectivity index (χ0v) is 16.2. The third kappa shape index (κ3) is 2.07. The molecular formula is C21H27FO6. The third-order valence-corrected chi connectivity index (χ3v) is 8.76. The summed E-state index contributed by atoms with van der Waals surface area (Å²) in [6.45, 7) is 3.39. The molecule has 7 heteroatoms. The molecule has 4 rings (SSSR count). The Hall–Kier alpha value is -1.60. The van der Waals surface area contributed by atoms with Gasteiger partial charge in [0.15, 0.2) is 5.78 Å². The van der Waals surface area contributed by atoms with E-state index in [1.165, 1.54) is 6.08 Å². The summed E-state index contributed by atoms with van der Waals surface area (Å²) in [5, 5.41) is 31.3. The van der Waals surface area contributed by atoms with Crippen molar-refractivity contribution in [3.05, 3.63) is 11.6 Å². The Morgan fingerprint density at radius 3 is 2.46 bits per heavy atom. The third-order valence-electron chi connectivity index (χ3n) is 8.76. The molecule has 4 aliphatic rings. The van der Waals surface area contributed by atoms with Gasteiger partial charge in [0, 0.05) is 23.2 Å². The van der Waals surface area contributed by atoms with Crippen LogP contribution in [0.5, 0.6) is 0 Å². The summed E-state index contributed by atoms with van der Waals surface area (Å²) in [6, 6.07) is 0. The van der Waals surface area contributed by atoms with E-state index >= 15 is 4.39 Å². The highest BCUT2D eigenvalue weighted by atomic mass is 19.1. The van der Waals surface area contributed by atoms with Crippen molar-refractivity contribution in [1.29, 1.82) is 0 Å². The minimum absolute atomic E-state index is 0.0213. The smallest absolute Gasteiger partial charge is 0.375 e. The van der Waals surface area contributed by atoms with Crippen LogP contribution >= 0.6 is 0 Å². The molecule has 3 saturated carbocycles. The molecule has 0 heterocycles. The Bertz CT molecular complexity index is 807. The molecule has 0 spiro atoms. The molecule has 0 radical (unpaired) electrons. The van der Waals surface area contributed by atoms with Gasteiger partial charge in [0.05, 0.1) is 6.10 Å². The van der Waals surface area contributed by atoms with Gasteiger partial charge in [0.1, 0.15) is 11.3 Å². The van der Waals surface area contributed by atoms with Crippen LogP contribution in [0.4, 0.5) is 4.39 Å². The van der Waals surface area contributed by atoms with E-state index in [9.17, 15) is 29.7 Å². The van der Waals surface area contributed by atoms with Crippen molar-refractivity contribution < 1.29 is 34.1 Å². The van der Waals surface area contributed by atoms with Crippen molar-refractivity contribution in [3.8, 4) is 0 Å². The molecule has 3 N–H and O–H groups in total. The minimum atomic E-state index is -2.11. The number of aliphatic carboxylic acids is 1. The van der Waals surface area contributed by atoms with Crippen molar-refractivity contribution in [1.82, 2.24) is 0 Å². The van der Waals surface area contributed by atoms with Crippen LogP contribution in [0.3, 0.4) is 0 Å². The van der Waals surface area contributed by atoms with Gasteiger partial charge in [-0.25, -0.2) is 9.18 Å². The number of carbonyl (C=O) groups is 3. The summed E-state index contributed by atoms with van der Waals surface area (Å²) >= 11 is 0. The zero-order chi connectivity index (χ0) is 20.7. The predicted octanol–water partition coefficient (Wildman–Crippen LogP) is 1.97. The second kappa shape index (κ2) is 5.72. The highest BCUT2D eigenvalue weighted by Gasteiger charge is 2.74. The molecule has 0 aromatic carbocycles. The number of aliphatic hydroxyl groups excluding tert-OH is 1. The van der Waals surface area contributed by atoms with E-state index in [0.29, 0.717) is 25.7 Å². The Balaban J connectivity index is 1.80. The van der Waals surface area contributed by atoms with Crippen LogP contribution in [0.1, 0.15) is 58.8 Å². The molecule has 0 aromatic rings. The Morgan fingerprint density at radius 2 is 1.82 bits per heavy atom. The van der Waals surface area contributed by atoms with Crippen molar-refractivity contribution in [2.24, 2.45) is 22.7 Å². The van der Waals surface area contributed by atoms with Crippen molar-refractivity contribution in [2.45, 2.75) is 76.2 Å². The van der Waals surface area contributed by atoms with E-state index < -0.39 is 51.8 Å². The molecule has 0 aromatic heterocycles. The molecule has 0 bridgehead atoms. The number of Topliss-reactive ketones (excluding diaryl/α,β-unsaturated/α-hetero) is 1. The molecule has 4 aliphatic carbocycles. The van der Waals surface area contributed by atoms with Crippen molar-refractivity contribution in [2.75, 3.05) is 0 Å². The fourth-order valence-corrected chi connectivity index (χ4v) is 7.12. The summed E-state index contributed by atoms with van der Waals surface area (Å²) in [5.74, 6) is -4.02. The van der Waals surface area contributed by atoms with Crippen molar-refractivity contribution >= 4 is 17.5 Å².